The Bertz CT molecular complexity index is 218. The van der Waals surface area contributed by atoms with Crippen LogP contribution in [0.3, 0.4) is 0 Å². The second-order valence-corrected chi connectivity index (χ2v) is 5.99. The van der Waals surface area contributed by atoms with Crippen LogP contribution < -0.4 is 5.73 Å². The predicted octanol–water partition coefficient (Wildman–Crippen LogP) is 0.700. The number of likely N-dealkylation sites (N-methyl/N-ethyl adjacent to an activating group) is 2. The molecular weight excluding hydrogens is 226 g/mol. The Labute approximate surface area is 106 Å². The van der Waals surface area contributed by atoms with Gasteiger partial charge in [0.25, 0.3) is 0 Å². The fourth-order valence-corrected chi connectivity index (χ4v) is 1.10. The maximum Gasteiger partial charge on any atom is 0.224 e. The zero-order valence-corrected chi connectivity index (χ0v) is 12.2. The topological polar surface area (TPSA) is 46.3 Å². The van der Waals surface area contributed by atoms with Crippen molar-refractivity contribution >= 4 is 18.3 Å². The third-order valence-electron chi connectivity index (χ3n) is 2.14. The van der Waals surface area contributed by atoms with Gasteiger partial charge >= 0.3 is 0 Å². The minimum Gasteiger partial charge on any atom is -0.340 e. The summed E-state index contributed by atoms with van der Waals surface area (Å²) < 4.78 is 0.865. The molecule has 0 radical (unpaired) electrons. The van der Waals surface area contributed by atoms with Crippen LogP contribution in [0.25, 0.3) is 0 Å². The van der Waals surface area contributed by atoms with Gasteiger partial charge in [0.2, 0.25) is 5.91 Å². The number of amides is 1. The summed E-state index contributed by atoms with van der Waals surface area (Å²) in [5.41, 5.74) is 5.39. The summed E-state index contributed by atoms with van der Waals surface area (Å²) >= 11 is 0. The minimum atomic E-state index is -0.415. The number of rotatable bonds is 5. The first-order valence-electron chi connectivity index (χ1n) is 5.34. The molecule has 0 fully saturated rings. The molecule has 98 valence electrons. The number of quaternary nitrogens is 1. The zero-order chi connectivity index (χ0) is 12.3. The van der Waals surface area contributed by atoms with Crippen LogP contribution in [-0.4, -0.2) is 62.1 Å². The summed E-state index contributed by atoms with van der Waals surface area (Å²) in [6.45, 7) is 5.47. The van der Waals surface area contributed by atoms with Crippen LogP contribution in [-0.2, 0) is 4.79 Å². The Kier molecular flexibility index (Phi) is 7.25. The molecule has 0 aromatic rings. The van der Waals surface area contributed by atoms with Crippen molar-refractivity contribution in [2.75, 3.05) is 41.3 Å². The molecule has 0 heterocycles. The lowest BCUT2D eigenvalue weighted by atomic mass is 10.0. The Morgan fingerprint density at radius 3 is 2.06 bits per heavy atom. The third-order valence-corrected chi connectivity index (χ3v) is 2.14. The fraction of sp³-hybridized carbons (Fsp3) is 0.909. The Balaban J connectivity index is 0. The number of nitrogens with zero attached hydrogens (tertiary/aromatic N) is 2. The van der Waals surface area contributed by atoms with Crippen LogP contribution >= 0.6 is 12.4 Å². The van der Waals surface area contributed by atoms with Crippen LogP contribution in [0.1, 0.15) is 20.3 Å². The van der Waals surface area contributed by atoms with E-state index in [1.165, 1.54) is 0 Å². The van der Waals surface area contributed by atoms with Gasteiger partial charge in [-0.25, -0.2) is 0 Å². The molecule has 0 saturated carbocycles. The summed E-state index contributed by atoms with van der Waals surface area (Å²) in [7, 11) is 8.19. The normalized spacial score (nSPS) is 11.9. The first-order valence-corrected chi connectivity index (χ1v) is 5.34. The predicted molar refractivity (Wildman–Crippen MR) is 70.7 cm³/mol. The number of halogens is 1. The average molecular weight is 253 g/mol. The highest BCUT2D eigenvalue weighted by Gasteiger charge is 2.20. The molecule has 0 aliphatic carbocycles. The molecule has 1 amide bonds. The average Bonchev–Trinajstić information content (AvgIpc) is 1.95. The molecule has 16 heavy (non-hydrogen) atoms. The molecule has 4 nitrogen and oxygen atoms in total. The highest BCUT2D eigenvalue weighted by molar-refractivity contribution is 5.85. The van der Waals surface area contributed by atoms with E-state index in [0.29, 0.717) is 6.42 Å². The number of nitrogens with two attached hydrogens (primary N) is 1. The van der Waals surface area contributed by atoms with Crippen molar-refractivity contribution < 1.29 is 9.28 Å². The van der Waals surface area contributed by atoms with Gasteiger partial charge in [-0.05, 0) is 13.8 Å². The van der Waals surface area contributed by atoms with Crippen molar-refractivity contribution in [2.45, 2.75) is 25.8 Å². The second-order valence-electron chi connectivity index (χ2n) is 5.99. The molecule has 5 heteroatoms. The number of hydrogen-bond donors (Lipinski definition) is 1. The smallest absolute Gasteiger partial charge is 0.224 e. The lowest BCUT2D eigenvalue weighted by Crippen LogP contribution is -2.45. The Morgan fingerprint density at radius 2 is 1.75 bits per heavy atom. The molecule has 0 aromatic carbocycles. The highest BCUT2D eigenvalue weighted by Crippen LogP contribution is 2.06. The van der Waals surface area contributed by atoms with E-state index in [1.807, 2.05) is 20.9 Å². The molecule has 0 saturated heterocycles. The van der Waals surface area contributed by atoms with Crippen molar-refractivity contribution in [1.29, 1.82) is 0 Å². The van der Waals surface area contributed by atoms with Crippen molar-refractivity contribution in [3.63, 3.8) is 0 Å². The van der Waals surface area contributed by atoms with E-state index in [-0.39, 0.29) is 18.3 Å². The molecular formula is C11H27ClN3O+. The quantitative estimate of drug-likeness (QED) is 0.733. The van der Waals surface area contributed by atoms with Gasteiger partial charge in [-0.15, -0.1) is 12.4 Å². The first kappa shape index (κ1) is 18.1. The first-order chi connectivity index (χ1) is 6.51. The van der Waals surface area contributed by atoms with Gasteiger partial charge in [-0.2, -0.15) is 0 Å². The van der Waals surface area contributed by atoms with Gasteiger partial charge in [0.05, 0.1) is 34.2 Å². The van der Waals surface area contributed by atoms with Crippen LogP contribution in [0, 0.1) is 0 Å². The lowest BCUT2D eigenvalue weighted by molar-refractivity contribution is -0.869. The van der Waals surface area contributed by atoms with E-state index >= 15 is 0 Å². The monoisotopic (exact) mass is 252 g/mol. The minimum absolute atomic E-state index is 0. The SMILES string of the molecule is CN(CC[N+](C)(C)C)C(=O)CC(C)(C)N.Cl. The standard InChI is InChI=1S/C11H26N3O.ClH/c1-11(2,12)9-10(15)13(3)7-8-14(4,5)6;/h7-9,12H2,1-6H3;1H/q+1;. The van der Waals surface area contributed by atoms with Crippen LogP contribution in [0.15, 0.2) is 0 Å². The highest BCUT2D eigenvalue weighted by atomic mass is 35.5. The van der Waals surface area contributed by atoms with Gasteiger partial charge in [-0.3, -0.25) is 4.79 Å². The van der Waals surface area contributed by atoms with Crippen LogP contribution in [0.5, 0.6) is 0 Å². The lowest BCUT2D eigenvalue weighted by Gasteiger charge is -2.28. The molecule has 0 rings (SSSR count). The van der Waals surface area contributed by atoms with Gasteiger partial charge in [0, 0.05) is 19.0 Å². The van der Waals surface area contributed by atoms with Crippen LogP contribution in [0.4, 0.5) is 0 Å². The van der Waals surface area contributed by atoms with Gasteiger partial charge in [0.1, 0.15) is 0 Å². The molecule has 0 atom stereocenters. The fourth-order valence-electron chi connectivity index (χ4n) is 1.10. The maximum atomic E-state index is 11.7. The van der Waals surface area contributed by atoms with Crippen molar-refractivity contribution in [3.05, 3.63) is 0 Å². The molecule has 0 aliphatic rings. The molecule has 0 aromatic heterocycles. The molecule has 0 unspecified atom stereocenters. The molecule has 0 aliphatic heterocycles. The summed E-state index contributed by atoms with van der Waals surface area (Å²) in [6.07, 6.45) is 0.403. The Morgan fingerprint density at radius 1 is 1.31 bits per heavy atom. The summed E-state index contributed by atoms with van der Waals surface area (Å²) in [6, 6.07) is 0. The maximum absolute atomic E-state index is 11.7. The third kappa shape index (κ3) is 10.2. The van der Waals surface area contributed by atoms with E-state index in [9.17, 15) is 4.79 Å². The van der Waals surface area contributed by atoms with E-state index in [1.54, 1.807) is 4.90 Å². The van der Waals surface area contributed by atoms with E-state index in [2.05, 4.69) is 21.1 Å². The van der Waals surface area contributed by atoms with Crippen LogP contribution in [0.2, 0.25) is 0 Å². The zero-order valence-electron chi connectivity index (χ0n) is 11.4. The molecule has 0 bridgehead atoms. The number of hydrogen-bond acceptors (Lipinski definition) is 2. The molecule has 2 N–H and O–H groups in total. The van der Waals surface area contributed by atoms with Gasteiger partial charge in [0.15, 0.2) is 0 Å². The largest absolute Gasteiger partial charge is 0.340 e. The van der Waals surface area contributed by atoms with E-state index < -0.39 is 5.54 Å². The van der Waals surface area contributed by atoms with Gasteiger partial charge in [-0.1, -0.05) is 0 Å². The van der Waals surface area contributed by atoms with Crippen molar-refractivity contribution in [2.24, 2.45) is 5.73 Å². The summed E-state index contributed by atoms with van der Waals surface area (Å²) in [4.78, 5) is 13.5. The van der Waals surface area contributed by atoms with Crippen molar-refractivity contribution in [3.8, 4) is 0 Å². The summed E-state index contributed by atoms with van der Waals surface area (Å²) in [5.74, 6) is 0.121. The second kappa shape index (κ2) is 6.42. The van der Waals surface area contributed by atoms with Gasteiger partial charge < -0.3 is 15.1 Å². The van der Waals surface area contributed by atoms with Crippen molar-refractivity contribution in [1.82, 2.24) is 4.90 Å². The van der Waals surface area contributed by atoms with E-state index in [0.717, 1.165) is 17.6 Å². The number of carbonyl (C=O) groups is 1. The Hall–Kier alpha value is -0.320. The molecule has 0 spiro atoms. The van der Waals surface area contributed by atoms with E-state index in [4.69, 9.17) is 5.73 Å². The summed E-state index contributed by atoms with van der Waals surface area (Å²) in [5, 5.41) is 0. The number of carbonyl (C=O) groups excluding carboxylic acids is 1.